The van der Waals surface area contributed by atoms with Crippen LogP contribution in [0.5, 0.6) is 5.75 Å². The molecule has 0 aliphatic heterocycles. The largest absolute Gasteiger partial charge is 0.493 e. The zero-order chi connectivity index (χ0) is 12.2. The number of hydrogen-bond acceptors (Lipinski definition) is 1. The summed E-state index contributed by atoms with van der Waals surface area (Å²) < 4.78 is 5.62. The molecule has 0 saturated heterocycles. The van der Waals surface area contributed by atoms with Crippen LogP contribution in [0.4, 0.5) is 0 Å². The quantitative estimate of drug-likeness (QED) is 0.683. The summed E-state index contributed by atoms with van der Waals surface area (Å²) in [7, 11) is 0. The molecule has 0 radical (unpaired) electrons. The standard InChI is InChI=1S/C15H22O/c1-12(2)10-11-16-14-8-6-13(7-9-14)15(3,4)5/h6-9H,1,10-11H2,2-5H3. The second-order valence-corrected chi connectivity index (χ2v) is 5.33. The maximum Gasteiger partial charge on any atom is 0.119 e. The molecule has 1 aromatic carbocycles. The number of benzene rings is 1. The van der Waals surface area contributed by atoms with E-state index in [0.29, 0.717) is 6.61 Å². The van der Waals surface area contributed by atoms with Crippen LogP contribution in [0.25, 0.3) is 0 Å². The summed E-state index contributed by atoms with van der Waals surface area (Å²) in [6, 6.07) is 8.35. The van der Waals surface area contributed by atoms with Crippen molar-refractivity contribution in [2.45, 2.75) is 39.5 Å². The van der Waals surface area contributed by atoms with Crippen LogP contribution in [0.1, 0.15) is 39.7 Å². The molecule has 1 heteroatoms. The zero-order valence-corrected chi connectivity index (χ0v) is 10.8. The second-order valence-electron chi connectivity index (χ2n) is 5.33. The molecule has 1 rings (SSSR count). The summed E-state index contributed by atoms with van der Waals surface area (Å²) in [4.78, 5) is 0. The van der Waals surface area contributed by atoms with E-state index in [0.717, 1.165) is 17.7 Å². The van der Waals surface area contributed by atoms with Gasteiger partial charge in [-0.15, -0.1) is 6.58 Å². The van der Waals surface area contributed by atoms with Gasteiger partial charge < -0.3 is 4.74 Å². The third-order valence-corrected chi connectivity index (χ3v) is 2.52. The van der Waals surface area contributed by atoms with Gasteiger partial charge in [-0.25, -0.2) is 0 Å². The van der Waals surface area contributed by atoms with Crippen LogP contribution in [0.2, 0.25) is 0 Å². The molecule has 1 aromatic rings. The van der Waals surface area contributed by atoms with Gasteiger partial charge in [0.05, 0.1) is 6.61 Å². The Bertz CT molecular complexity index is 341. The van der Waals surface area contributed by atoms with Crippen molar-refractivity contribution in [3.8, 4) is 5.75 Å². The van der Waals surface area contributed by atoms with Crippen LogP contribution >= 0.6 is 0 Å². The number of rotatable bonds is 4. The molecule has 0 aromatic heterocycles. The fraction of sp³-hybridized carbons (Fsp3) is 0.467. The summed E-state index contributed by atoms with van der Waals surface area (Å²) in [5.41, 5.74) is 2.70. The zero-order valence-electron chi connectivity index (χ0n) is 10.8. The van der Waals surface area contributed by atoms with Crippen LogP contribution in [0.3, 0.4) is 0 Å². The predicted octanol–water partition coefficient (Wildman–Crippen LogP) is 4.33. The second kappa shape index (κ2) is 5.20. The van der Waals surface area contributed by atoms with Crippen LogP contribution in [0.15, 0.2) is 36.4 Å². The lowest BCUT2D eigenvalue weighted by Gasteiger charge is -2.19. The number of ether oxygens (including phenoxy) is 1. The molecule has 0 amide bonds. The van der Waals surface area contributed by atoms with Crippen LogP contribution < -0.4 is 4.74 Å². The molecular weight excluding hydrogens is 196 g/mol. The van der Waals surface area contributed by atoms with Crippen LogP contribution in [-0.2, 0) is 5.41 Å². The third-order valence-electron chi connectivity index (χ3n) is 2.52. The molecular formula is C15H22O. The Hall–Kier alpha value is -1.24. The minimum Gasteiger partial charge on any atom is -0.493 e. The summed E-state index contributed by atoms with van der Waals surface area (Å²) in [6.45, 7) is 13.2. The van der Waals surface area contributed by atoms with Gasteiger partial charge in [0.25, 0.3) is 0 Å². The van der Waals surface area contributed by atoms with Gasteiger partial charge in [-0.05, 0) is 30.0 Å². The summed E-state index contributed by atoms with van der Waals surface area (Å²) >= 11 is 0. The first-order valence-electron chi connectivity index (χ1n) is 5.77. The van der Waals surface area contributed by atoms with Crippen molar-refractivity contribution in [3.05, 3.63) is 42.0 Å². The van der Waals surface area contributed by atoms with Gasteiger partial charge in [-0.2, -0.15) is 0 Å². The first kappa shape index (κ1) is 12.8. The minimum absolute atomic E-state index is 0.205. The lowest BCUT2D eigenvalue weighted by atomic mass is 9.87. The Kier molecular flexibility index (Phi) is 4.17. The molecule has 0 spiro atoms. The predicted molar refractivity (Wildman–Crippen MR) is 70.1 cm³/mol. The van der Waals surface area contributed by atoms with Crippen molar-refractivity contribution in [1.82, 2.24) is 0 Å². The van der Waals surface area contributed by atoms with Crippen molar-refractivity contribution in [1.29, 1.82) is 0 Å². The van der Waals surface area contributed by atoms with Crippen molar-refractivity contribution in [3.63, 3.8) is 0 Å². The molecule has 16 heavy (non-hydrogen) atoms. The molecule has 88 valence electrons. The van der Waals surface area contributed by atoms with Crippen LogP contribution in [0, 0.1) is 0 Å². The SMILES string of the molecule is C=C(C)CCOc1ccc(C(C)(C)C)cc1. The van der Waals surface area contributed by atoms with E-state index in [1.807, 2.05) is 19.1 Å². The molecule has 0 saturated carbocycles. The van der Waals surface area contributed by atoms with Gasteiger partial charge in [-0.1, -0.05) is 38.5 Å². The Labute approximate surface area is 99.1 Å². The molecule has 0 heterocycles. The normalized spacial score (nSPS) is 11.2. The summed E-state index contributed by atoms with van der Waals surface area (Å²) in [5, 5.41) is 0. The van der Waals surface area contributed by atoms with E-state index in [9.17, 15) is 0 Å². The minimum atomic E-state index is 0.205. The van der Waals surface area contributed by atoms with Crippen molar-refractivity contribution >= 4 is 0 Å². The molecule has 0 aliphatic rings. The van der Waals surface area contributed by atoms with Gasteiger partial charge in [0.2, 0.25) is 0 Å². The monoisotopic (exact) mass is 218 g/mol. The Morgan fingerprint density at radius 2 is 1.75 bits per heavy atom. The van der Waals surface area contributed by atoms with Crippen molar-refractivity contribution < 1.29 is 4.74 Å². The summed E-state index contributed by atoms with van der Waals surface area (Å²) in [6.07, 6.45) is 0.918. The first-order valence-corrected chi connectivity index (χ1v) is 5.77. The van der Waals surface area contributed by atoms with Gasteiger partial charge in [0.15, 0.2) is 0 Å². The highest BCUT2D eigenvalue weighted by atomic mass is 16.5. The van der Waals surface area contributed by atoms with Crippen molar-refractivity contribution in [2.24, 2.45) is 0 Å². The lowest BCUT2D eigenvalue weighted by molar-refractivity contribution is 0.321. The summed E-state index contributed by atoms with van der Waals surface area (Å²) in [5.74, 6) is 0.939. The fourth-order valence-corrected chi connectivity index (χ4v) is 1.39. The van der Waals surface area contributed by atoms with E-state index in [1.165, 1.54) is 5.56 Å². The molecule has 0 N–H and O–H groups in total. The van der Waals surface area contributed by atoms with E-state index < -0.39 is 0 Å². The Balaban J connectivity index is 2.55. The highest BCUT2D eigenvalue weighted by Crippen LogP contribution is 2.24. The van der Waals surface area contributed by atoms with Gasteiger partial charge in [0.1, 0.15) is 5.75 Å². The van der Waals surface area contributed by atoms with Gasteiger partial charge >= 0.3 is 0 Å². The Morgan fingerprint density at radius 1 is 1.19 bits per heavy atom. The maximum atomic E-state index is 5.62. The third kappa shape index (κ3) is 4.09. The molecule has 0 bridgehead atoms. The molecule has 0 unspecified atom stereocenters. The van der Waals surface area contributed by atoms with E-state index in [1.54, 1.807) is 0 Å². The molecule has 1 nitrogen and oxygen atoms in total. The van der Waals surface area contributed by atoms with E-state index in [2.05, 4.69) is 39.5 Å². The lowest BCUT2D eigenvalue weighted by Crippen LogP contribution is -2.10. The van der Waals surface area contributed by atoms with E-state index in [-0.39, 0.29) is 5.41 Å². The average molecular weight is 218 g/mol. The van der Waals surface area contributed by atoms with Crippen molar-refractivity contribution in [2.75, 3.05) is 6.61 Å². The van der Waals surface area contributed by atoms with E-state index in [4.69, 9.17) is 4.74 Å². The maximum absolute atomic E-state index is 5.62. The molecule has 0 fully saturated rings. The smallest absolute Gasteiger partial charge is 0.119 e. The highest BCUT2D eigenvalue weighted by molar-refractivity contribution is 5.31. The fourth-order valence-electron chi connectivity index (χ4n) is 1.39. The van der Waals surface area contributed by atoms with Gasteiger partial charge in [0, 0.05) is 6.42 Å². The average Bonchev–Trinajstić information content (AvgIpc) is 2.16. The Morgan fingerprint density at radius 3 is 2.19 bits per heavy atom. The van der Waals surface area contributed by atoms with E-state index >= 15 is 0 Å². The van der Waals surface area contributed by atoms with Crippen LogP contribution in [-0.4, -0.2) is 6.61 Å². The molecule has 0 aliphatic carbocycles. The van der Waals surface area contributed by atoms with Gasteiger partial charge in [-0.3, -0.25) is 0 Å². The highest BCUT2D eigenvalue weighted by Gasteiger charge is 2.12. The number of hydrogen-bond donors (Lipinski definition) is 0. The topological polar surface area (TPSA) is 9.23 Å². The molecule has 0 atom stereocenters. The first-order chi connectivity index (χ1) is 7.39.